The van der Waals surface area contributed by atoms with E-state index in [4.69, 9.17) is 5.63 Å². The molecule has 0 aromatic carbocycles. The average molecular weight is 524 g/mol. The van der Waals surface area contributed by atoms with Crippen LogP contribution in [0.25, 0.3) is 0 Å². The molecule has 0 bridgehead atoms. The van der Waals surface area contributed by atoms with Gasteiger partial charge in [0.2, 0.25) is 0 Å². The molecule has 0 aromatic heterocycles. The van der Waals surface area contributed by atoms with Gasteiger partial charge in [-0.1, -0.05) is 0 Å². The van der Waals surface area contributed by atoms with E-state index < -0.39 is 24.1 Å². The van der Waals surface area contributed by atoms with Crippen molar-refractivity contribution in [2.45, 2.75) is 91.9 Å². The Morgan fingerprint density at radius 2 is 1.13 bits per heavy atom. The molecule has 23 heavy (non-hydrogen) atoms. The summed E-state index contributed by atoms with van der Waals surface area (Å²) in [6.07, 6.45) is 10.1. The van der Waals surface area contributed by atoms with E-state index in [-0.39, 0.29) is 23.8 Å². The van der Waals surface area contributed by atoms with Crippen LogP contribution in [0.3, 0.4) is 0 Å². The Hall–Kier alpha value is -0.177. The molecule has 0 saturated heterocycles. The van der Waals surface area contributed by atoms with Gasteiger partial charge in [-0.05, 0) is 0 Å². The van der Waals surface area contributed by atoms with Gasteiger partial charge in [0.25, 0.3) is 0 Å². The van der Waals surface area contributed by atoms with Gasteiger partial charge in [0.05, 0.1) is 0 Å². The fraction of sp³-hybridized carbons (Fsp3) is 0.889. The summed E-state index contributed by atoms with van der Waals surface area (Å²) in [5.41, 5.74) is 0. The molecule has 0 amide bonds. The van der Waals surface area contributed by atoms with Gasteiger partial charge in [-0.15, -0.1) is 0 Å². The first-order valence-corrected chi connectivity index (χ1v) is 12.4. The molecule has 4 nitrogen and oxygen atoms in total. The van der Waals surface area contributed by atoms with Crippen molar-refractivity contribution in [1.29, 1.82) is 0 Å². The van der Waals surface area contributed by atoms with E-state index in [1.807, 2.05) is 13.8 Å². The molecule has 0 aliphatic carbocycles. The van der Waals surface area contributed by atoms with Crippen LogP contribution >= 0.6 is 0 Å². The van der Waals surface area contributed by atoms with E-state index in [0.717, 1.165) is 64.2 Å². The number of carbonyl (C=O) groups is 2. The van der Waals surface area contributed by atoms with Crippen molar-refractivity contribution >= 4 is 36.1 Å². The average Bonchev–Trinajstić information content (AvgIpc) is 2.55. The second-order valence-corrected chi connectivity index (χ2v) is 8.36. The van der Waals surface area contributed by atoms with Crippen LogP contribution in [0.2, 0.25) is 0 Å². The van der Waals surface area contributed by atoms with Gasteiger partial charge in [-0.3, -0.25) is 0 Å². The maximum atomic E-state index is 12.0. The third-order valence-corrected chi connectivity index (χ3v) is 6.46. The Balaban J connectivity index is 4.04. The number of hydrogen-bond donors (Lipinski definition) is 0. The molecule has 0 spiro atoms. The van der Waals surface area contributed by atoms with Crippen LogP contribution in [0, 0.1) is 11.8 Å². The van der Waals surface area contributed by atoms with Crippen LogP contribution in [-0.4, -0.2) is 36.1 Å². The Morgan fingerprint density at radius 1 is 0.739 bits per heavy atom. The van der Waals surface area contributed by atoms with Gasteiger partial charge in [0.1, 0.15) is 0 Å². The molecule has 2 atom stereocenters. The van der Waals surface area contributed by atoms with Crippen LogP contribution in [0.15, 0.2) is 0 Å². The summed E-state index contributed by atoms with van der Waals surface area (Å²) in [4.78, 5) is 24.1. The normalized spacial score (nSPS) is 13.4. The van der Waals surface area contributed by atoms with Crippen LogP contribution in [-0.2, 0) is 15.2 Å². The Kier molecular flexibility index (Phi) is 15.2. The number of carbonyl (C=O) groups excluding carboxylic acids is 2. The second kappa shape index (κ2) is 15.4. The van der Waals surface area contributed by atoms with Crippen molar-refractivity contribution < 1.29 is 15.2 Å². The van der Waals surface area contributed by atoms with E-state index >= 15 is 0 Å². The molecule has 0 aromatic rings. The molecule has 0 rings (SSSR count). The Bertz CT molecular complexity index is 290. The molecule has 2 unspecified atom stereocenters. The minimum absolute atomic E-state index is 0.0284. The third-order valence-electron chi connectivity index (χ3n) is 4.25. The quantitative estimate of drug-likeness (QED) is 0.247. The molecule has 0 radical (unpaired) electrons. The van der Waals surface area contributed by atoms with Crippen molar-refractivity contribution in [2.24, 2.45) is 11.8 Å². The zero-order valence-corrected chi connectivity index (χ0v) is 19.2. The molecule has 0 aliphatic heterocycles. The van der Waals surface area contributed by atoms with E-state index in [1.165, 1.54) is 0 Å². The number of hydrogen-bond acceptors (Lipinski definition) is 4. The van der Waals surface area contributed by atoms with Crippen molar-refractivity contribution in [2.75, 3.05) is 0 Å². The Morgan fingerprint density at radius 3 is 1.43 bits per heavy atom. The number of unbranched alkanes of at least 4 members (excludes halogenated alkanes) is 4. The van der Waals surface area contributed by atoms with Gasteiger partial charge in [0, 0.05) is 0 Å². The zero-order chi connectivity index (χ0) is 17.5. The van der Waals surface area contributed by atoms with Gasteiger partial charge in [0.15, 0.2) is 0 Å². The van der Waals surface area contributed by atoms with Crippen LogP contribution in [0.1, 0.15) is 91.9 Å². The fourth-order valence-electron chi connectivity index (χ4n) is 2.53. The van der Waals surface area contributed by atoms with E-state index in [2.05, 4.69) is 13.8 Å². The summed E-state index contributed by atoms with van der Waals surface area (Å²) in [6, 6.07) is 0. The minimum atomic E-state index is -2.06. The van der Waals surface area contributed by atoms with Crippen LogP contribution in [0.4, 0.5) is 0 Å². The predicted octanol–water partition coefficient (Wildman–Crippen LogP) is 4.55. The SMILES string of the molecule is CCCCCC(CC)C(=O)[O][BiH][O]C(=O)C(CC)CCCCC. The van der Waals surface area contributed by atoms with Gasteiger partial charge >= 0.3 is 155 Å². The summed E-state index contributed by atoms with van der Waals surface area (Å²) in [5.74, 6) is -0.365. The summed E-state index contributed by atoms with van der Waals surface area (Å²) in [7, 11) is 0. The monoisotopic (exact) mass is 524 g/mol. The summed E-state index contributed by atoms with van der Waals surface area (Å²) in [5, 5.41) is 0. The van der Waals surface area contributed by atoms with E-state index in [1.54, 1.807) is 0 Å². The first kappa shape index (κ1) is 22.8. The summed E-state index contributed by atoms with van der Waals surface area (Å²) < 4.78 is 10.7. The molecule has 0 aliphatic rings. The molecule has 5 heteroatoms. The fourth-order valence-corrected chi connectivity index (χ4v) is 4.62. The summed E-state index contributed by atoms with van der Waals surface area (Å²) in [6.45, 7) is 8.33. The predicted molar refractivity (Wildman–Crippen MR) is 95.2 cm³/mol. The van der Waals surface area contributed by atoms with Gasteiger partial charge in [-0.25, -0.2) is 0 Å². The van der Waals surface area contributed by atoms with Crippen LogP contribution < -0.4 is 0 Å². The molecule has 136 valence electrons. The first-order valence-electron chi connectivity index (χ1n) is 9.26. The van der Waals surface area contributed by atoms with Crippen molar-refractivity contribution in [1.82, 2.24) is 0 Å². The second-order valence-electron chi connectivity index (χ2n) is 6.13. The maximum absolute atomic E-state index is 12.0. The van der Waals surface area contributed by atoms with Crippen molar-refractivity contribution in [3.63, 3.8) is 0 Å². The standard InChI is InChI=1S/2C9H18O2.Bi.H/c2*1-3-5-6-7-8(4-2)9(10)11;;/h2*8H,3-7H2,1-2H3,(H,10,11);;/q;;+2;/p-2. The van der Waals surface area contributed by atoms with Gasteiger partial charge in [-0.2, -0.15) is 0 Å². The topological polar surface area (TPSA) is 52.6 Å². The molecule has 0 heterocycles. The summed E-state index contributed by atoms with van der Waals surface area (Å²) >= 11 is -2.06. The zero-order valence-electron chi connectivity index (χ0n) is 15.4. The molecular formula is C18H35BiO4. The van der Waals surface area contributed by atoms with Crippen LogP contribution in [0.5, 0.6) is 0 Å². The van der Waals surface area contributed by atoms with Gasteiger partial charge < -0.3 is 0 Å². The van der Waals surface area contributed by atoms with E-state index in [9.17, 15) is 9.59 Å². The van der Waals surface area contributed by atoms with E-state index in [0.29, 0.717) is 0 Å². The third kappa shape index (κ3) is 11.1. The van der Waals surface area contributed by atoms with Crippen molar-refractivity contribution in [3.05, 3.63) is 0 Å². The molecular weight excluding hydrogens is 489 g/mol. The Labute approximate surface area is 154 Å². The molecule has 0 fully saturated rings. The number of rotatable bonds is 14. The van der Waals surface area contributed by atoms with Crippen molar-refractivity contribution in [3.8, 4) is 0 Å². The molecule has 0 N–H and O–H groups in total. The first-order chi connectivity index (χ1) is 11.1. The molecule has 0 saturated carbocycles.